The fraction of sp³-hybridized carbons (Fsp3) is 0.211. The molecule has 0 spiro atoms. The summed E-state index contributed by atoms with van der Waals surface area (Å²) in [6.07, 6.45) is 2.61. The highest BCUT2D eigenvalue weighted by atomic mass is 32.2. The Kier molecular flexibility index (Phi) is 5.43. The number of hydrogen-bond acceptors (Lipinski definition) is 8. The van der Waals surface area contributed by atoms with Gasteiger partial charge in [0, 0.05) is 26.4 Å². The van der Waals surface area contributed by atoms with Gasteiger partial charge in [-0.1, -0.05) is 17.8 Å². The van der Waals surface area contributed by atoms with Crippen molar-refractivity contribution in [2.24, 2.45) is 5.73 Å². The molecule has 2 aliphatic rings. The van der Waals surface area contributed by atoms with Gasteiger partial charge in [0.2, 0.25) is 0 Å². The van der Waals surface area contributed by atoms with Gasteiger partial charge in [0.05, 0.1) is 41.0 Å². The van der Waals surface area contributed by atoms with Crippen molar-refractivity contribution < 1.29 is 19.1 Å². The number of nitrogens with zero attached hydrogens (tertiary/aromatic N) is 4. The highest BCUT2D eigenvalue weighted by Crippen LogP contribution is 2.47. The van der Waals surface area contributed by atoms with E-state index in [1.807, 2.05) is 6.07 Å². The predicted molar refractivity (Wildman–Crippen MR) is 104 cm³/mol. The van der Waals surface area contributed by atoms with Gasteiger partial charge in [0.1, 0.15) is 10.7 Å². The number of ether oxygens (including phenoxy) is 1. The van der Waals surface area contributed by atoms with E-state index in [1.165, 1.54) is 18.2 Å². The van der Waals surface area contributed by atoms with Crippen molar-refractivity contribution in [1.29, 1.82) is 5.26 Å². The van der Waals surface area contributed by atoms with Gasteiger partial charge in [-0.2, -0.15) is 5.26 Å². The second-order valence-corrected chi connectivity index (χ2v) is 7.32. The van der Waals surface area contributed by atoms with Crippen LogP contribution in [0.5, 0.6) is 0 Å². The Morgan fingerprint density at radius 2 is 2.10 bits per heavy atom. The monoisotopic (exact) mass is 411 g/mol. The number of aromatic nitrogens is 1. The molecule has 9 nitrogen and oxygen atoms in total. The summed E-state index contributed by atoms with van der Waals surface area (Å²) in [5.74, 6) is -2.79. The number of carbonyl (C=O) groups is 3. The summed E-state index contributed by atoms with van der Waals surface area (Å²) in [5, 5.41) is 9.94. The van der Waals surface area contributed by atoms with E-state index in [1.54, 1.807) is 32.3 Å². The number of esters is 1. The number of nitriles is 1. The van der Waals surface area contributed by atoms with E-state index in [2.05, 4.69) is 4.98 Å². The number of nitrogens with two attached hydrogens (primary N) is 1. The number of thioether (sulfide) groups is 1. The number of fused-ring (bicyclic) bond motifs is 1. The van der Waals surface area contributed by atoms with Crippen molar-refractivity contribution in [3.8, 4) is 6.07 Å². The quantitative estimate of drug-likeness (QED) is 0.723. The third-order valence-corrected chi connectivity index (χ3v) is 5.44. The summed E-state index contributed by atoms with van der Waals surface area (Å²) < 4.78 is 4.72. The minimum atomic E-state index is -0.889. The lowest BCUT2D eigenvalue weighted by atomic mass is 9.85. The summed E-state index contributed by atoms with van der Waals surface area (Å²) >= 11 is 0.893. The van der Waals surface area contributed by atoms with Gasteiger partial charge in [-0.05, 0) is 12.1 Å². The maximum absolute atomic E-state index is 13.1. The second-order valence-electron chi connectivity index (χ2n) is 6.29. The van der Waals surface area contributed by atoms with Crippen molar-refractivity contribution in [3.05, 3.63) is 63.1 Å². The first-order valence-corrected chi connectivity index (χ1v) is 9.21. The van der Waals surface area contributed by atoms with Crippen LogP contribution in [0.15, 0.2) is 57.4 Å². The smallest absolute Gasteiger partial charge is 0.344 e. The van der Waals surface area contributed by atoms with E-state index in [4.69, 9.17) is 10.5 Å². The molecule has 0 saturated carbocycles. The molecule has 3 rings (SSSR count). The molecule has 2 aliphatic heterocycles. The minimum absolute atomic E-state index is 0.0146. The summed E-state index contributed by atoms with van der Waals surface area (Å²) in [6, 6.07) is 7.11. The minimum Gasteiger partial charge on any atom is -0.465 e. The Labute approximate surface area is 171 Å². The normalized spacial score (nSPS) is 18.7. The van der Waals surface area contributed by atoms with E-state index in [-0.39, 0.29) is 26.9 Å². The van der Waals surface area contributed by atoms with Crippen molar-refractivity contribution in [3.63, 3.8) is 0 Å². The van der Waals surface area contributed by atoms with Crippen LogP contribution in [0.4, 0.5) is 0 Å². The summed E-state index contributed by atoms with van der Waals surface area (Å²) in [4.78, 5) is 44.6. The molecule has 3 heterocycles. The summed E-state index contributed by atoms with van der Waals surface area (Å²) in [7, 11) is 4.30. The van der Waals surface area contributed by atoms with Gasteiger partial charge in [-0.15, -0.1) is 0 Å². The third-order valence-electron chi connectivity index (χ3n) is 4.34. The lowest BCUT2D eigenvalue weighted by Gasteiger charge is -2.37. The molecule has 0 aromatic carbocycles. The molecule has 0 unspecified atom stereocenters. The molecule has 2 N–H and O–H groups in total. The number of carbonyl (C=O) groups excluding carboxylic acids is 3. The van der Waals surface area contributed by atoms with Crippen molar-refractivity contribution in [2.45, 2.75) is 5.92 Å². The first-order valence-electron chi connectivity index (χ1n) is 8.40. The zero-order valence-electron chi connectivity index (χ0n) is 15.9. The average molecular weight is 411 g/mol. The van der Waals surface area contributed by atoms with Crippen LogP contribution in [-0.4, -0.2) is 53.8 Å². The Hall–Kier alpha value is -3.58. The Morgan fingerprint density at radius 1 is 1.38 bits per heavy atom. The lowest BCUT2D eigenvalue weighted by molar-refractivity contribution is -0.135. The third kappa shape index (κ3) is 3.36. The first-order chi connectivity index (χ1) is 13.8. The fourth-order valence-corrected chi connectivity index (χ4v) is 4.15. The molecule has 0 fully saturated rings. The molecule has 1 aromatic rings. The number of rotatable bonds is 3. The number of hydrogen-bond donors (Lipinski definition) is 1. The van der Waals surface area contributed by atoms with Crippen LogP contribution < -0.4 is 5.73 Å². The summed E-state index contributed by atoms with van der Waals surface area (Å²) in [5.41, 5.74) is 6.76. The summed E-state index contributed by atoms with van der Waals surface area (Å²) in [6.45, 7) is 0. The molecule has 148 valence electrons. The van der Waals surface area contributed by atoms with E-state index in [0.29, 0.717) is 5.69 Å². The molecule has 0 radical (unpaired) electrons. The molecular weight excluding hydrogens is 394 g/mol. The molecule has 0 bridgehead atoms. The van der Waals surface area contributed by atoms with Crippen LogP contribution in [-0.2, 0) is 19.1 Å². The van der Waals surface area contributed by atoms with E-state index < -0.39 is 23.7 Å². The second kappa shape index (κ2) is 7.81. The maximum atomic E-state index is 13.1. The van der Waals surface area contributed by atoms with Crippen molar-refractivity contribution >= 4 is 29.5 Å². The largest absolute Gasteiger partial charge is 0.465 e. The standard InChI is InChI=1S/C19H17N5O4S/c1-23(2)17(26)15-14(11-6-4-5-7-22-11)10(9-20)16(21)24-13(25)8-12(19(27)28-3)29-18(15)24/h4-8,14H,21H2,1-3H3/t14-/m1/s1. The fourth-order valence-electron chi connectivity index (χ4n) is 3.02. The lowest BCUT2D eigenvalue weighted by Crippen LogP contribution is -2.42. The molecular formula is C19H17N5O4S. The topological polar surface area (TPSA) is 130 Å². The first kappa shape index (κ1) is 20.2. The predicted octanol–water partition coefficient (Wildman–Crippen LogP) is 0.805. The molecule has 1 aromatic heterocycles. The molecule has 1 atom stereocenters. The van der Waals surface area contributed by atoms with Crippen LogP contribution in [0.25, 0.3) is 0 Å². The SMILES string of the molecule is COC(=O)C1=CC(=O)N2C(N)=C(C#N)[C@H](c3ccccn3)C(C(=O)N(C)C)=C2S1. The number of methoxy groups -OCH3 is 1. The van der Waals surface area contributed by atoms with Crippen LogP contribution in [0.1, 0.15) is 11.6 Å². The molecule has 2 amide bonds. The molecule has 0 aliphatic carbocycles. The highest BCUT2D eigenvalue weighted by Gasteiger charge is 2.44. The highest BCUT2D eigenvalue weighted by molar-refractivity contribution is 8.07. The Bertz CT molecular complexity index is 1040. The Morgan fingerprint density at radius 3 is 2.66 bits per heavy atom. The average Bonchev–Trinajstić information content (AvgIpc) is 2.72. The molecule has 10 heteroatoms. The molecule has 29 heavy (non-hydrogen) atoms. The Balaban J connectivity index is 2.33. The number of allylic oxidation sites excluding steroid dienone is 1. The van der Waals surface area contributed by atoms with Crippen LogP contribution in [0.3, 0.4) is 0 Å². The van der Waals surface area contributed by atoms with Crippen molar-refractivity contribution in [2.75, 3.05) is 21.2 Å². The van der Waals surface area contributed by atoms with Gasteiger partial charge < -0.3 is 15.4 Å². The van der Waals surface area contributed by atoms with Crippen molar-refractivity contribution in [1.82, 2.24) is 14.8 Å². The van der Waals surface area contributed by atoms with E-state index in [0.717, 1.165) is 22.7 Å². The number of pyridine rings is 1. The maximum Gasteiger partial charge on any atom is 0.344 e. The van der Waals surface area contributed by atoms with Gasteiger partial charge in [0.15, 0.2) is 0 Å². The van der Waals surface area contributed by atoms with Crippen LogP contribution >= 0.6 is 11.8 Å². The van der Waals surface area contributed by atoms with Gasteiger partial charge in [0.25, 0.3) is 11.8 Å². The van der Waals surface area contributed by atoms with Crippen LogP contribution in [0, 0.1) is 11.3 Å². The molecule has 0 saturated heterocycles. The van der Waals surface area contributed by atoms with E-state index >= 15 is 0 Å². The number of amides is 2. The van der Waals surface area contributed by atoms with Gasteiger partial charge >= 0.3 is 5.97 Å². The van der Waals surface area contributed by atoms with Gasteiger partial charge in [-0.25, -0.2) is 4.79 Å². The van der Waals surface area contributed by atoms with Gasteiger partial charge in [-0.3, -0.25) is 19.5 Å². The zero-order chi connectivity index (χ0) is 21.3. The zero-order valence-corrected chi connectivity index (χ0v) is 16.7. The van der Waals surface area contributed by atoms with Crippen LogP contribution in [0.2, 0.25) is 0 Å². The number of likely N-dealkylation sites (N-methyl/N-ethyl adjacent to an activating group) is 1. The van der Waals surface area contributed by atoms with E-state index in [9.17, 15) is 19.6 Å².